The Balaban J connectivity index is 2.12. The summed E-state index contributed by atoms with van der Waals surface area (Å²) in [7, 11) is 0. The van der Waals surface area contributed by atoms with Crippen molar-refractivity contribution in [3.05, 3.63) is 17.5 Å². The predicted octanol–water partition coefficient (Wildman–Crippen LogP) is 1.69. The molecule has 0 bridgehead atoms. The molecule has 1 aromatic rings. The van der Waals surface area contributed by atoms with Crippen molar-refractivity contribution in [1.82, 2.24) is 10.2 Å². The van der Waals surface area contributed by atoms with E-state index in [-0.39, 0.29) is 5.54 Å². The molecule has 3 heteroatoms. The molecule has 0 radical (unpaired) electrons. The Kier molecular flexibility index (Phi) is 1.91. The first-order chi connectivity index (χ1) is 6.08. The second-order valence-electron chi connectivity index (χ2n) is 4.50. The monoisotopic (exact) mass is 179 g/mol. The van der Waals surface area contributed by atoms with Crippen molar-refractivity contribution >= 4 is 0 Å². The molecular formula is C10H17N3. The lowest BCUT2D eigenvalue weighted by Crippen LogP contribution is -2.34. The molecule has 0 aromatic carbocycles. The van der Waals surface area contributed by atoms with Gasteiger partial charge in [0.25, 0.3) is 0 Å². The van der Waals surface area contributed by atoms with E-state index in [9.17, 15) is 0 Å². The first-order valence-electron chi connectivity index (χ1n) is 4.89. The smallest absolute Gasteiger partial charge is 0.0820 e. The lowest BCUT2D eigenvalue weighted by atomic mass is 9.92. The van der Waals surface area contributed by atoms with Gasteiger partial charge in [-0.25, -0.2) is 0 Å². The molecule has 1 aliphatic rings. The molecule has 1 atom stereocenters. The zero-order valence-electron chi connectivity index (χ0n) is 8.30. The molecule has 3 nitrogen and oxygen atoms in total. The molecule has 1 fully saturated rings. The Labute approximate surface area is 78.7 Å². The van der Waals surface area contributed by atoms with Crippen molar-refractivity contribution in [2.45, 2.75) is 38.6 Å². The molecular weight excluding hydrogens is 162 g/mol. The van der Waals surface area contributed by atoms with Gasteiger partial charge in [0.05, 0.1) is 11.2 Å². The fraction of sp³-hybridized carbons (Fsp3) is 0.700. The summed E-state index contributed by atoms with van der Waals surface area (Å²) >= 11 is 0. The Morgan fingerprint density at radius 2 is 2.38 bits per heavy atom. The Hall–Kier alpha value is -0.830. The van der Waals surface area contributed by atoms with Crippen LogP contribution in [0.25, 0.3) is 0 Å². The number of hydrogen-bond donors (Lipinski definition) is 2. The molecule has 1 saturated carbocycles. The molecule has 1 heterocycles. The van der Waals surface area contributed by atoms with Crippen LogP contribution >= 0.6 is 0 Å². The number of aromatic amines is 1. The lowest BCUT2D eigenvalue weighted by molar-refractivity contribution is 0.411. The first-order valence-corrected chi connectivity index (χ1v) is 4.89. The average molecular weight is 179 g/mol. The Morgan fingerprint density at radius 3 is 2.85 bits per heavy atom. The topological polar surface area (TPSA) is 54.7 Å². The van der Waals surface area contributed by atoms with Crippen LogP contribution in [0, 0.1) is 12.8 Å². The highest BCUT2D eigenvalue weighted by Crippen LogP contribution is 2.38. The van der Waals surface area contributed by atoms with Crippen LogP contribution in [-0.2, 0) is 5.54 Å². The SMILES string of the molecule is Cc1cc(C(C)(N)CC2CC2)n[nH]1. The number of nitrogens with zero attached hydrogens (tertiary/aromatic N) is 1. The fourth-order valence-electron chi connectivity index (χ4n) is 1.74. The molecule has 1 aliphatic carbocycles. The number of H-pyrrole nitrogens is 1. The van der Waals surface area contributed by atoms with Gasteiger partial charge < -0.3 is 5.73 Å². The van der Waals surface area contributed by atoms with Gasteiger partial charge in [0.15, 0.2) is 0 Å². The maximum atomic E-state index is 6.21. The van der Waals surface area contributed by atoms with Gasteiger partial charge in [0.1, 0.15) is 0 Å². The van der Waals surface area contributed by atoms with Crippen LogP contribution in [0.15, 0.2) is 6.07 Å². The van der Waals surface area contributed by atoms with E-state index in [0.29, 0.717) is 0 Å². The van der Waals surface area contributed by atoms with Crippen molar-refractivity contribution in [1.29, 1.82) is 0 Å². The summed E-state index contributed by atoms with van der Waals surface area (Å²) < 4.78 is 0. The number of nitrogens with one attached hydrogen (secondary N) is 1. The van der Waals surface area contributed by atoms with E-state index in [2.05, 4.69) is 17.1 Å². The maximum Gasteiger partial charge on any atom is 0.0820 e. The normalized spacial score (nSPS) is 21.5. The summed E-state index contributed by atoms with van der Waals surface area (Å²) in [4.78, 5) is 0. The third-order valence-corrected chi connectivity index (χ3v) is 2.70. The van der Waals surface area contributed by atoms with Gasteiger partial charge in [0, 0.05) is 5.69 Å². The van der Waals surface area contributed by atoms with Crippen LogP contribution in [0.3, 0.4) is 0 Å². The van der Waals surface area contributed by atoms with Crippen LogP contribution in [-0.4, -0.2) is 10.2 Å². The zero-order chi connectivity index (χ0) is 9.47. The Morgan fingerprint density at radius 1 is 1.69 bits per heavy atom. The largest absolute Gasteiger partial charge is 0.320 e. The molecule has 72 valence electrons. The van der Waals surface area contributed by atoms with E-state index in [1.165, 1.54) is 12.8 Å². The van der Waals surface area contributed by atoms with Crippen LogP contribution in [0.1, 0.15) is 37.6 Å². The molecule has 3 N–H and O–H groups in total. The number of aromatic nitrogens is 2. The van der Waals surface area contributed by atoms with Crippen molar-refractivity contribution in [2.24, 2.45) is 11.7 Å². The minimum Gasteiger partial charge on any atom is -0.320 e. The van der Waals surface area contributed by atoms with Crippen LogP contribution in [0.4, 0.5) is 0 Å². The third-order valence-electron chi connectivity index (χ3n) is 2.70. The van der Waals surface area contributed by atoms with Crippen molar-refractivity contribution < 1.29 is 0 Å². The van der Waals surface area contributed by atoms with Gasteiger partial charge in [0.2, 0.25) is 0 Å². The van der Waals surface area contributed by atoms with Gasteiger partial charge in [-0.3, -0.25) is 5.10 Å². The van der Waals surface area contributed by atoms with Crippen LogP contribution in [0.2, 0.25) is 0 Å². The molecule has 0 aliphatic heterocycles. The summed E-state index contributed by atoms with van der Waals surface area (Å²) in [6.07, 6.45) is 3.75. The zero-order valence-corrected chi connectivity index (χ0v) is 8.30. The molecule has 1 unspecified atom stereocenters. The van der Waals surface area contributed by atoms with E-state index >= 15 is 0 Å². The summed E-state index contributed by atoms with van der Waals surface area (Å²) in [5, 5.41) is 7.16. The minimum absolute atomic E-state index is 0.244. The number of rotatable bonds is 3. The van der Waals surface area contributed by atoms with E-state index < -0.39 is 0 Å². The standard InChI is InChI=1S/C10H17N3/c1-7-5-9(13-12-7)10(2,11)6-8-3-4-8/h5,8H,3-4,6,11H2,1-2H3,(H,12,13). The van der Waals surface area contributed by atoms with Crippen LogP contribution < -0.4 is 5.73 Å². The van der Waals surface area contributed by atoms with E-state index in [1.54, 1.807) is 0 Å². The number of hydrogen-bond acceptors (Lipinski definition) is 2. The van der Waals surface area contributed by atoms with Crippen molar-refractivity contribution in [3.8, 4) is 0 Å². The fourth-order valence-corrected chi connectivity index (χ4v) is 1.74. The van der Waals surface area contributed by atoms with Crippen LogP contribution in [0.5, 0.6) is 0 Å². The van der Waals surface area contributed by atoms with E-state index in [4.69, 9.17) is 5.73 Å². The summed E-state index contributed by atoms with van der Waals surface area (Å²) in [6, 6.07) is 2.04. The van der Waals surface area contributed by atoms with Gasteiger partial charge in [-0.15, -0.1) is 0 Å². The van der Waals surface area contributed by atoms with E-state index in [1.807, 2.05) is 13.0 Å². The quantitative estimate of drug-likeness (QED) is 0.742. The van der Waals surface area contributed by atoms with Gasteiger partial charge in [-0.05, 0) is 32.3 Å². The second kappa shape index (κ2) is 2.84. The van der Waals surface area contributed by atoms with Crippen molar-refractivity contribution in [2.75, 3.05) is 0 Å². The average Bonchev–Trinajstić information content (AvgIpc) is 2.70. The predicted molar refractivity (Wildman–Crippen MR) is 52.2 cm³/mol. The lowest BCUT2D eigenvalue weighted by Gasteiger charge is -2.21. The summed E-state index contributed by atoms with van der Waals surface area (Å²) in [5.41, 5.74) is 8.05. The number of nitrogens with two attached hydrogens (primary N) is 1. The van der Waals surface area contributed by atoms with E-state index in [0.717, 1.165) is 23.7 Å². The summed E-state index contributed by atoms with van der Waals surface area (Å²) in [6.45, 7) is 4.07. The molecule has 1 aromatic heterocycles. The Bertz CT molecular complexity index is 297. The highest BCUT2D eigenvalue weighted by atomic mass is 15.1. The van der Waals surface area contributed by atoms with Gasteiger partial charge >= 0.3 is 0 Å². The number of aryl methyl sites for hydroxylation is 1. The molecule has 0 amide bonds. The molecule has 2 rings (SSSR count). The molecule has 13 heavy (non-hydrogen) atoms. The summed E-state index contributed by atoms with van der Waals surface area (Å²) in [5.74, 6) is 0.840. The first kappa shape index (κ1) is 8.75. The highest BCUT2D eigenvalue weighted by Gasteiger charge is 2.33. The van der Waals surface area contributed by atoms with Gasteiger partial charge in [-0.2, -0.15) is 5.10 Å². The second-order valence-corrected chi connectivity index (χ2v) is 4.50. The molecule has 0 spiro atoms. The third kappa shape index (κ3) is 1.91. The molecule has 0 saturated heterocycles. The highest BCUT2D eigenvalue weighted by molar-refractivity contribution is 5.16. The maximum absolute atomic E-state index is 6.21. The van der Waals surface area contributed by atoms with Crippen molar-refractivity contribution in [3.63, 3.8) is 0 Å². The minimum atomic E-state index is -0.244. The van der Waals surface area contributed by atoms with Gasteiger partial charge in [-0.1, -0.05) is 12.8 Å².